The SMILES string of the molecule is Cc1nc(C(C)N2CCc3c([nH]c4ccccc34)C2)n[nH]1. The fourth-order valence-electron chi connectivity index (χ4n) is 3.25. The van der Waals surface area contributed by atoms with Gasteiger partial charge in [0, 0.05) is 29.7 Å². The number of hydrogen-bond acceptors (Lipinski definition) is 3. The molecule has 0 saturated heterocycles. The molecule has 2 aromatic heterocycles. The molecule has 0 fully saturated rings. The molecule has 1 unspecified atom stereocenters. The van der Waals surface area contributed by atoms with Crippen molar-refractivity contribution in [2.24, 2.45) is 0 Å². The molecule has 0 radical (unpaired) electrons. The van der Waals surface area contributed by atoms with Gasteiger partial charge in [0.05, 0.1) is 6.04 Å². The maximum absolute atomic E-state index is 4.47. The molecule has 5 heteroatoms. The van der Waals surface area contributed by atoms with Gasteiger partial charge >= 0.3 is 0 Å². The lowest BCUT2D eigenvalue weighted by atomic mass is 10.0. The molecule has 0 saturated carbocycles. The Balaban J connectivity index is 1.64. The van der Waals surface area contributed by atoms with Crippen molar-refractivity contribution in [1.29, 1.82) is 0 Å². The minimum Gasteiger partial charge on any atom is -0.357 e. The summed E-state index contributed by atoms with van der Waals surface area (Å²) in [5.74, 6) is 1.76. The number of fused-ring (bicyclic) bond motifs is 3. The van der Waals surface area contributed by atoms with E-state index in [-0.39, 0.29) is 6.04 Å². The van der Waals surface area contributed by atoms with E-state index in [4.69, 9.17) is 0 Å². The van der Waals surface area contributed by atoms with Crippen molar-refractivity contribution in [1.82, 2.24) is 25.1 Å². The average Bonchev–Trinajstić information content (AvgIpc) is 3.09. The van der Waals surface area contributed by atoms with Gasteiger partial charge in [0.25, 0.3) is 0 Å². The van der Waals surface area contributed by atoms with E-state index in [2.05, 4.69) is 56.3 Å². The van der Waals surface area contributed by atoms with Gasteiger partial charge in [-0.1, -0.05) is 18.2 Å². The average molecular weight is 281 g/mol. The van der Waals surface area contributed by atoms with E-state index in [1.807, 2.05) is 6.92 Å². The van der Waals surface area contributed by atoms with E-state index < -0.39 is 0 Å². The quantitative estimate of drug-likeness (QED) is 0.759. The second-order valence-corrected chi connectivity index (χ2v) is 5.80. The van der Waals surface area contributed by atoms with Gasteiger partial charge in [-0.15, -0.1) is 0 Å². The van der Waals surface area contributed by atoms with Crippen LogP contribution in [0.4, 0.5) is 0 Å². The van der Waals surface area contributed by atoms with Crippen LogP contribution in [0.15, 0.2) is 24.3 Å². The van der Waals surface area contributed by atoms with Gasteiger partial charge in [-0.25, -0.2) is 4.98 Å². The topological polar surface area (TPSA) is 60.6 Å². The second-order valence-electron chi connectivity index (χ2n) is 5.80. The third kappa shape index (κ3) is 2.05. The minimum absolute atomic E-state index is 0.231. The number of aromatic amines is 2. The Labute approximate surface area is 123 Å². The van der Waals surface area contributed by atoms with Crippen LogP contribution in [0.5, 0.6) is 0 Å². The van der Waals surface area contributed by atoms with Crippen LogP contribution in [0.25, 0.3) is 10.9 Å². The summed E-state index contributed by atoms with van der Waals surface area (Å²) in [6.07, 6.45) is 1.08. The molecular formula is C16H19N5. The Hall–Kier alpha value is -2.14. The molecule has 0 spiro atoms. The number of aromatic nitrogens is 4. The number of para-hydroxylation sites is 1. The number of nitrogens with one attached hydrogen (secondary N) is 2. The van der Waals surface area contributed by atoms with Crippen LogP contribution in [0, 0.1) is 6.92 Å². The Morgan fingerprint density at radius 2 is 2.14 bits per heavy atom. The van der Waals surface area contributed by atoms with E-state index in [0.29, 0.717) is 0 Å². The Bertz CT molecular complexity index is 785. The second kappa shape index (κ2) is 4.70. The van der Waals surface area contributed by atoms with Gasteiger partial charge in [-0.2, -0.15) is 5.10 Å². The molecule has 1 aromatic carbocycles. The molecule has 0 aliphatic carbocycles. The normalized spacial score (nSPS) is 17.0. The van der Waals surface area contributed by atoms with Crippen LogP contribution in [0.3, 0.4) is 0 Å². The monoisotopic (exact) mass is 281 g/mol. The zero-order valence-corrected chi connectivity index (χ0v) is 12.3. The number of benzene rings is 1. The van der Waals surface area contributed by atoms with E-state index >= 15 is 0 Å². The van der Waals surface area contributed by atoms with E-state index in [9.17, 15) is 0 Å². The highest BCUT2D eigenvalue weighted by atomic mass is 15.3. The number of hydrogen-bond donors (Lipinski definition) is 2. The predicted octanol–water partition coefficient (Wildman–Crippen LogP) is 2.71. The van der Waals surface area contributed by atoms with E-state index in [0.717, 1.165) is 31.2 Å². The van der Waals surface area contributed by atoms with Crippen LogP contribution in [0.1, 0.15) is 35.9 Å². The molecule has 0 bridgehead atoms. The highest BCUT2D eigenvalue weighted by Gasteiger charge is 2.26. The summed E-state index contributed by atoms with van der Waals surface area (Å²) >= 11 is 0. The Morgan fingerprint density at radius 3 is 2.95 bits per heavy atom. The number of nitrogens with zero attached hydrogens (tertiary/aromatic N) is 3. The molecule has 4 rings (SSSR count). The first kappa shape index (κ1) is 12.6. The van der Waals surface area contributed by atoms with Crippen LogP contribution in [0.2, 0.25) is 0 Å². The minimum atomic E-state index is 0.231. The van der Waals surface area contributed by atoms with Gasteiger partial charge in [-0.05, 0) is 31.9 Å². The fraction of sp³-hybridized carbons (Fsp3) is 0.375. The van der Waals surface area contributed by atoms with Crippen LogP contribution in [-0.2, 0) is 13.0 Å². The van der Waals surface area contributed by atoms with Crippen LogP contribution < -0.4 is 0 Å². The third-order valence-corrected chi connectivity index (χ3v) is 4.45. The predicted molar refractivity (Wildman–Crippen MR) is 81.9 cm³/mol. The van der Waals surface area contributed by atoms with Crippen LogP contribution >= 0.6 is 0 Å². The van der Waals surface area contributed by atoms with Crippen molar-refractivity contribution in [3.05, 3.63) is 47.2 Å². The van der Waals surface area contributed by atoms with E-state index in [1.165, 1.54) is 22.2 Å². The first-order valence-corrected chi connectivity index (χ1v) is 7.44. The number of rotatable bonds is 2. The van der Waals surface area contributed by atoms with Crippen LogP contribution in [-0.4, -0.2) is 31.6 Å². The lowest BCUT2D eigenvalue weighted by Crippen LogP contribution is -2.33. The van der Waals surface area contributed by atoms with Crippen molar-refractivity contribution in [2.75, 3.05) is 6.54 Å². The molecule has 1 aliphatic heterocycles. The highest BCUT2D eigenvalue weighted by Crippen LogP contribution is 2.30. The first-order chi connectivity index (χ1) is 10.2. The van der Waals surface area contributed by atoms with Gasteiger partial charge < -0.3 is 4.98 Å². The lowest BCUT2D eigenvalue weighted by Gasteiger charge is -2.30. The molecule has 0 amide bonds. The first-order valence-electron chi connectivity index (χ1n) is 7.44. The lowest BCUT2D eigenvalue weighted by molar-refractivity contribution is 0.183. The summed E-state index contributed by atoms with van der Waals surface area (Å²) in [6, 6.07) is 8.79. The van der Waals surface area contributed by atoms with Gasteiger partial charge in [0.15, 0.2) is 5.82 Å². The molecular weight excluding hydrogens is 262 g/mol. The standard InChI is InChI=1S/C16H19N5/c1-10(16-17-11(2)19-20-16)21-8-7-13-12-5-3-4-6-14(12)18-15(13)9-21/h3-6,10,18H,7-9H2,1-2H3,(H,17,19,20). The zero-order chi connectivity index (χ0) is 14.4. The van der Waals surface area contributed by atoms with Crippen molar-refractivity contribution in [3.8, 4) is 0 Å². The third-order valence-electron chi connectivity index (χ3n) is 4.45. The van der Waals surface area contributed by atoms with Crippen molar-refractivity contribution >= 4 is 10.9 Å². The number of H-pyrrole nitrogens is 2. The summed E-state index contributed by atoms with van der Waals surface area (Å²) in [7, 11) is 0. The molecule has 108 valence electrons. The molecule has 2 N–H and O–H groups in total. The van der Waals surface area contributed by atoms with Crippen molar-refractivity contribution in [3.63, 3.8) is 0 Å². The molecule has 21 heavy (non-hydrogen) atoms. The summed E-state index contributed by atoms with van der Waals surface area (Å²) in [5, 5.41) is 8.60. The molecule has 1 atom stereocenters. The molecule has 5 nitrogen and oxygen atoms in total. The van der Waals surface area contributed by atoms with Gasteiger partial charge in [0.1, 0.15) is 5.82 Å². The smallest absolute Gasteiger partial charge is 0.167 e. The number of aryl methyl sites for hydroxylation is 1. The molecule has 3 aromatic rings. The van der Waals surface area contributed by atoms with E-state index in [1.54, 1.807) is 0 Å². The van der Waals surface area contributed by atoms with Crippen molar-refractivity contribution < 1.29 is 0 Å². The summed E-state index contributed by atoms with van der Waals surface area (Å²) in [5.41, 5.74) is 4.05. The summed E-state index contributed by atoms with van der Waals surface area (Å²) < 4.78 is 0. The maximum atomic E-state index is 4.47. The highest BCUT2D eigenvalue weighted by molar-refractivity contribution is 5.84. The Kier molecular flexibility index (Phi) is 2.82. The zero-order valence-electron chi connectivity index (χ0n) is 12.3. The largest absolute Gasteiger partial charge is 0.357 e. The molecule has 3 heterocycles. The summed E-state index contributed by atoms with van der Waals surface area (Å²) in [6.45, 7) is 6.09. The van der Waals surface area contributed by atoms with Crippen molar-refractivity contribution in [2.45, 2.75) is 32.9 Å². The van der Waals surface area contributed by atoms with Gasteiger partial charge in [0.2, 0.25) is 0 Å². The molecule has 1 aliphatic rings. The van der Waals surface area contributed by atoms with Gasteiger partial charge in [-0.3, -0.25) is 10.00 Å². The summed E-state index contributed by atoms with van der Waals surface area (Å²) in [4.78, 5) is 10.5. The fourth-order valence-corrected chi connectivity index (χ4v) is 3.25. The maximum Gasteiger partial charge on any atom is 0.167 e. The Morgan fingerprint density at radius 1 is 1.29 bits per heavy atom.